The second-order valence-electron chi connectivity index (χ2n) is 11.4. The molecule has 0 fully saturated rings. The fourth-order valence-corrected chi connectivity index (χ4v) is 4.72. The number of amides is 3. The van der Waals surface area contributed by atoms with Gasteiger partial charge in [-0.3, -0.25) is 9.59 Å². The first kappa shape index (κ1) is 32.9. The maximum atomic E-state index is 14.4. The number of anilines is 1. The van der Waals surface area contributed by atoms with E-state index in [1.165, 1.54) is 17.0 Å². The SMILES string of the molecule is C=Cc1cccc(C(C(=O)Nc2c(C)cccc2C)N(CCO)C(=O)C(Cc2ccc(O)cc2)NC(=O)OC(C)(C)C)c1. The Morgan fingerprint density at radius 2 is 1.63 bits per heavy atom. The van der Waals surface area contributed by atoms with E-state index in [9.17, 15) is 24.6 Å². The van der Waals surface area contributed by atoms with Crippen molar-refractivity contribution >= 4 is 29.7 Å². The highest BCUT2D eigenvalue weighted by Gasteiger charge is 2.36. The van der Waals surface area contributed by atoms with Crippen LogP contribution < -0.4 is 10.6 Å². The molecule has 3 aromatic carbocycles. The molecule has 3 aromatic rings. The Hall–Kier alpha value is -4.63. The fraction of sp³-hybridized carbons (Fsp3) is 0.324. The fourth-order valence-electron chi connectivity index (χ4n) is 4.72. The highest BCUT2D eigenvalue weighted by atomic mass is 16.6. The van der Waals surface area contributed by atoms with Gasteiger partial charge >= 0.3 is 6.09 Å². The number of nitrogens with zero attached hydrogens (tertiary/aromatic N) is 1. The molecule has 228 valence electrons. The lowest BCUT2D eigenvalue weighted by atomic mass is 9.98. The number of aliphatic hydroxyl groups excluding tert-OH is 1. The zero-order valence-electron chi connectivity index (χ0n) is 25.4. The predicted octanol–water partition coefficient (Wildman–Crippen LogP) is 5.29. The van der Waals surface area contributed by atoms with E-state index >= 15 is 0 Å². The third-order valence-electron chi connectivity index (χ3n) is 6.74. The molecule has 0 saturated heterocycles. The second kappa shape index (κ2) is 14.5. The zero-order valence-corrected chi connectivity index (χ0v) is 25.4. The number of carbonyl (C=O) groups excluding carboxylic acids is 3. The molecule has 3 rings (SSSR count). The number of rotatable bonds is 11. The number of aryl methyl sites for hydroxylation is 2. The topological polar surface area (TPSA) is 128 Å². The van der Waals surface area contributed by atoms with Crippen molar-refractivity contribution in [2.24, 2.45) is 0 Å². The summed E-state index contributed by atoms with van der Waals surface area (Å²) in [5.74, 6) is -1.03. The molecule has 0 aliphatic rings. The van der Waals surface area contributed by atoms with Gasteiger partial charge < -0.3 is 30.5 Å². The van der Waals surface area contributed by atoms with Crippen LogP contribution in [0.3, 0.4) is 0 Å². The normalized spacial score (nSPS) is 12.5. The molecule has 0 aliphatic heterocycles. The van der Waals surface area contributed by atoms with E-state index in [1.54, 1.807) is 57.2 Å². The molecular weight excluding hydrogens is 546 g/mol. The number of hydrogen-bond acceptors (Lipinski definition) is 6. The molecule has 0 aliphatic carbocycles. The minimum atomic E-state index is -1.17. The van der Waals surface area contributed by atoms with Gasteiger partial charge in [-0.05, 0) is 80.6 Å². The maximum absolute atomic E-state index is 14.4. The Bertz CT molecular complexity index is 1420. The van der Waals surface area contributed by atoms with Crippen molar-refractivity contribution in [3.63, 3.8) is 0 Å². The van der Waals surface area contributed by atoms with E-state index in [0.29, 0.717) is 16.8 Å². The molecule has 9 heteroatoms. The number of phenols is 1. The Balaban J connectivity index is 2.09. The Labute approximate surface area is 253 Å². The van der Waals surface area contributed by atoms with Gasteiger partial charge in [0.1, 0.15) is 23.4 Å². The van der Waals surface area contributed by atoms with Crippen LogP contribution in [0.4, 0.5) is 10.5 Å². The first-order valence-electron chi connectivity index (χ1n) is 14.1. The zero-order chi connectivity index (χ0) is 31.7. The van der Waals surface area contributed by atoms with Crippen molar-refractivity contribution in [3.05, 3.63) is 101 Å². The first-order valence-corrected chi connectivity index (χ1v) is 14.1. The average Bonchev–Trinajstić information content (AvgIpc) is 2.94. The van der Waals surface area contributed by atoms with Gasteiger partial charge in [0.25, 0.3) is 5.91 Å². The number of aromatic hydroxyl groups is 1. The first-order chi connectivity index (χ1) is 20.3. The number of carbonyl (C=O) groups is 3. The summed E-state index contributed by atoms with van der Waals surface area (Å²) in [4.78, 5) is 42.6. The van der Waals surface area contributed by atoms with Crippen LogP contribution >= 0.6 is 0 Å². The summed E-state index contributed by atoms with van der Waals surface area (Å²) in [7, 11) is 0. The van der Waals surface area contributed by atoms with Crippen LogP contribution in [0.2, 0.25) is 0 Å². The molecular formula is C34H41N3O6. The summed E-state index contributed by atoms with van der Waals surface area (Å²) < 4.78 is 5.44. The van der Waals surface area contributed by atoms with Crippen LogP contribution in [0.25, 0.3) is 6.08 Å². The minimum absolute atomic E-state index is 0.0399. The second-order valence-corrected chi connectivity index (χ2v) is 11.4. The van der Waals surface area contributed by atoms with Crippen molar-refractivity contribution < 1.29 is 29.3 Å². The molecule has 0 radical (unpaired) electrons. The minimum Gasteiger partial charge on any atom is -0.508 e. The van der Waals surface area contributed by atoms with E-state index < -0.39 is 42.2 Å². The molecule has 0 saturated carbocycles. The van der Waals surface area contributed by atoms with E-state index in [2.05, 4.69) is 17.2 Å². The predicted molar refractivity (Wildman–Crippen MR) is 168 cm³/mol. The molecule has 43 heavy (non-hydrogen) atoms. The van der Waals surface area contributed by atoms with Crippen LogP contribution in [0.5, 0.6) is 5.75 Å². The van der Waals surface area contributed by atoms with Gasteiger partial charge in [0, 0.05) is 18.7 Å². The Morgan fingerprint density at radius 3 is 2.21 bits per heavy atom. The Morgan fingerprint density at radius 1 is 1.00 bits per heavy atom. The summed E-state index contributed by atoms with van der Waals surface area (Å²) in [6.07, 6.45) is 0.872. The van der Waals surface area contributed by atoms with Crippen molar-refractivity contribution in [3.8, 4) is 5.75 Å². The Kier molecular flexibility index (Phi) is 11.1. The number of para-hydroxylation sites is 1. The number of ether oxygens (including phenoxy) is 1. The van der Waals surface area contributed by atoms with E-state index in [1.807, 2.05) is 38.1 Å². The molecule has 9 nitrogen and oxygen atoms in total. The van der Waals surface area contributed by atoms with Gasteiger partial charge in [-0.1, -0.05) is 61.2 Å². The van der Waals surface area contributed by atoms with Crippen LogP contribution in [0.1, 0.15) is 54.6 Å². The highest BCUT2D eigenvalue weighted by Crippen LogP contribution is 2.28. The average molecular weight is 588 g/mol. The third kappa shape index (κ3) is 9.18. The van der Waals surface area contributed by atoms with Crippen LogP contribution in [-0.4, -0.2) is 57.8 Å². The molecule has 2 atom stereocenters. The standard InChI is InChI=1S/C34H41N3O6/c1-7-24-12-9-13-26(20-24)30(31(40)36-29-22(2)10-8-11-23(29)3)37(18-19-38)32(41)28(35-33(42)43-34(4,5)6)21-25-14-16-27(39)17-15-25/h7-17,20,28,30,38-39H,1,18-19,21H2,2-6H3,(H,35,42)(H,36,40). The lowest BCUT2D eigenvalue weighted by Crippen LogP contribution is -2.54. The van der Waals surface area contributed by atoms with E-state index in [0.717, 1.165) is 16.7 Å². The molecule has 4 N–H and O–H groups in total. The summed E-state index contributed by atoms with van der Waals surface area (Å²) in [5.41, 5.74) is 3.41. The molecule has 3 amide bonds. The maximum Gasteiger partial charge on any atom is 0.408 e. The van der Waals surface area contributed by atoms with Crippen molar-refractivity contribution in [2.75, 3.05) is 18.5 Å². The molecule has 0 spiro atoms. The van der Waals surface area contributed by atoms with Gasteiger partial charge in [0.05, 0.1) is 6.61 Å². The number of alkyl carbamates (subject to hydrolysis) is 1. The van der Waals surface area contributed by atoms with Gasteiger partial charge in [-0.15, -0.1) is 0 Å². The van der Waals surface area contributed by atoms with Crippen molar-refractivity contribution in [1.82, 2.24) is 10.2 Å². The lowest BCUT2D eigenvalue weighted by Gasteiger charge is -2.34. The van der Waals surface area contributed by atoms with E-state index in [4.69, 9.17) is 4.74 Å². The van der Waals surface area contributed by atoms with Gasteiger partial charge in [0.15, 0.2) is 0 Å². The molecule has 0 heterocycles. The molecule has 0 aromatic heterocycles. The quantitative estimate of drug-likeness (QED) is 0.241. The number of phenolic OH excluding ortho intramolecular Hbond substituents is 1. The van der Waals surface area contributed by atoms with Crippen molar-refractivity contribution in [2.45, 2.75) is 58.7 Å². The van der Waals surface area contributed by atoms with E-state index in [-0.39, 0.29) is 18.7 Å². The number of hydrogen-bond donors (Lipinski definition) is 4. The third-order valence-corrected chi connectivity index (χ3v) is 6.74. The number of benzene rings is 3. The molecule has 2 unspecified atom stereocenters. The van der Waals surface area contributed by atoms with Crippen LogP contribution in [0, 0.1) is 13.8 Å². The summed E-state index contributed by atoms with van der Waals surface area (Å²) in [5, 5.41) is 25.5. The monoisotopic (exact) mass is 587 g/mol. The lowest BCUT2D eigenvalue weighted by molar-refractivity contribution is -0.141. The van der Waals surface area contributed by atoms with Gasteiger partial charge in [0.2, 0.25) is 5.91 Å². The smallest absolute Gasteiger partial charge is 0.408 e. The van der Waals surface area contributed by atoms with Crippen molar-refractivity contribution in [1.29, 1.82) is 0 Å². The number of aliphatic hydroxyl groups is 1. The highest BCUT2D eigenvalue weighted by molar-refractivity contribution is 6.00. The van der Waals surface area contributed by atoms with Crippen LogP contribution in [-0.2, 0) is 20.7 Å². The summed E-state index contributed by atoms with van der Waals surface area (Å²) in [6, 6.07) is 16.7. The van der Waals surface area contributed by atoms with Gasteiger partial charge in [-0.25, -0.2) is 4.79 Å². The van der Waals surface area contributed by atoms with Gasteiger partial charge in [-0.2, -0.15) is 0 Å². The molecule has 0 bridgehead atoms. The number of nitrogens with one attached hydrogen (secondary N) is 2. The summed E-state index contributed by atoms with van der Waals surface area (Å²) in [6.45, 7) is 12.1. The summed E-state index contributed by atoms with van der Waals surface area (Å²) >= 11 is 0. The van der Waals surface area contributed by atoms with Crippen LogP contribution in [0.15, 0.2) is 73.3 Å². The largest absolute Gasteiger partial charge is 0.508 e.